The summed E-state index contributed by atoms with van der Waals surface area (Å²) >= 11 is 0. The number of hydrogen-bond donors (Lipinski definition) is 0. The third kappa shape index (κ3) is 2.06. The summed E-state index contributed by atoms with van der Waals surface area (Å²) < 4.78 is 0. The van der Waals surface area contributed by atoms with Gasteiger partial charge in [-0.05, 0) is 17.8 Å². The zero-order valence-corrected chi connectivity index (χ0v) is 11.4. The van der Waals surface area contributed by atoms with Gasteiger partial charge in [0, 0.05) is 32.7 Å². The van der Waals surface area contributed by atoms with E-state index < -0.39 is 0 Å². The molecule has 0 fully saturated rings. The molecule has 0 spiro atoms. The molecule has 16 heavy (non-hydrogen) atoms. The topological polar surface area (TPSA) is 30.7 Å². The average molecular weight is 283 g/mol. The van der Waals surface area contributed by atoms with Gasteiger partial charge in [-0.15, -0.1) is 12.1 Å². The van der Waals surface area contributed by atoms with E-state index in [4.69, 9.17) is 0 Å². The second-order valence-corrected chi connectivity index (χ2v) is 3.24. The number of hydrogen-bond acceptors (Lipinski definition) is 2. The Morgan fingerprint density at radius 3 is 2.00 bits per heavy atom. The molecular weight excluding hydrogens is 275 g/mol. The molecule has 0 unspecified atom stereocenters. The molecule has 0 aliphatic carbocycles. The quantitative estimate of drug-likeness (QED) is 0.641. The third-order valence-corrected chi connectivity index (χ3v) is 2.22. The molecule has 0 atom stereocenters. The molecule has 1 aromatic heterocycles. The molecule has 4 heteroatoms. The standard InChI is InChI=1S/C12H8N3.Y/c1-2-6-10(7-3-1)15-13-11-8-4-5-9-12(11)14-15;/h2-9H;/q-1;. The van der Waals surface area contributed by atoms with Gasteiger partial charge in [0.1, 0.15) is 11.0 Å². The Morgan fingerprint density at radius 1 is 0.875 bits per heavy atom. The zero-order valence-electron chi connectivity index (χ0n) is 8.54. The molecule has 0 saturated carbocycles. The molecule has 3 nitrogen and oxygen atoms in total. The number of rotatable bonds is 1. The Kier molecular flexibility index (Phi) is 3.47. The number of fused-ring (bicyclic) bond motifs is 1. The summed E-state index contributed by atoms with van der Waals surface area (Å²) in [4.78, 5) is 1.64. The fourth-order valence-electron chi connectivity index (χ4n) is 1.49. The number of benzene rings is 2. The molecule has 3 rings (SSSR count). The molecular formula is C12H8N3Y-. The summed E-state index contributed by atoms with van der Waals surface area (Å²) in [6.07, 6.45) is 0. The van der Waals surface area contributed by atoms with E-state index in [1.807, 2.05) is 48.5 Å². The van der Waals surface area contributed by atoms with Crippen LogP contribution in [0.3, 0.4) is 0 Å². The smallest absolute Gasteiger partial charge is 0.113 e. The first-order valence-electron chi connectivity index (χ1n) is 4.72. The van der Waals surface area contributed by atoms with E-state index in [1.54, 1.807) is 4.80 Å². The van der Waals surface area contributed by atoms with Gasteiger partial charge >= 0.3 is 0 Å². The first-order valence-corrected chi connectivity index (χ1v) is 4.72. The van der Waals surface area contributed by atoms with Crippen molar-refractivity contribution in [3.05, 3.63) is 54.6 Å². The summed E-state index contributed by atoms with van der Waals surface area (Å²) in [6, 6.07) is 18.3. The Morgan fingerprint density at radius 2 is 1.44 bits per heavy atom. The molecule has 0 saturated heterocycles. The summed E-state index contributed by atoms with van der Waals surface area (Å²) in [5, 5.41) is 8.75. The molecule has 0 N–H and O–H groups in total. The maximum atomic E-state index is 4.37. The van der Waals surface area contributed by atoms with E-state index in [1.165, 1.54) is 0 Å². The first-order chi connectivity index (χ1) is 7.43. The summed E-state index contributed by atoms with van der Waals surface area (Å²) in [7, 11) is 0. The van der Waals surface area contributed by atoms with Gasteiger partial charge in [0.15, 0.2) is 0 Å². The van der Waals surface area contributed by atoms with Crippen LogP contribution in [0.25, 0.3) is 16.7 Å². The van der Waals surface area contributed by atoms with Crippen LogP contribution >= 0.6 is 0 Å². The zero-order chi connectivity index (χ0) is 10.1. The van der Waals surface area contributed by atoms with Crippen LogP contribution in [0, 0.1) is 6.07 Å². The van der Waals surface area contributed by atoms with Gasteiger partial charge in [-0.3, -0.25) is 0 Å². The third-order valence-electron chi connectivity index (χ3n) is 2.22. The normalized spacial score (nSPS) is 10.0. The Hall–Kier alpha value is -1.06. The van der Waals surface area contributed by atoms with Gasteiger partial charge in [0.2, 0.25) is 0 Å². The largest absolute Gasteiger partial charge is 0.184 e. The molecule has 75 valence electrons. The predicted octanol–water partition coefficient (Wildman–Crippen LogP) is 2.22. The fraction of sp³-hybridized carbons (Fsp3) is 0. The van der Waals surface area contributed by atoms with Gasteiger partial charge in [-0.2, -0.15) is 33.2 Å². The van der Waals surface area contributed by atoms with E-state index in [-0.39, 0.29) is 32.7 Å². The predicted molar refractivity (Wildman–Crippen MR) is 57.7 cm³/mol. The molecule has 0 amide bonds. The van der Waals surface area contributed by atoms with Crippen LogP contribution in [-0.2, 0) is 32.7 Å². The van der Waals surface area contributed by atoms with Crippen molar-refractivity contribution in [2.75, 3.05) is 0 Å². The molecule has 0 aliphatic rings. The maximum Gasteiger partial charge on any atom is 0.113 e. The minimum atomic E-state index is 0. The van der Waals surface area contributed by atoms with Crippen molar-refractivity contribution in [3.8, 4) is 5.69 Å². The Bertz CT molecular complexity index is 556. The van der Waals surface area contributed by atoms with Crippen LogP contribution in [0.1, 0.15) is 0 Å². The average Bonchev–Trinajstić information content (AvgIpc) is 2.74. The van der Waals surface area contributed by atoms with E-state index >= 15 is 0 Å². The summed E-state index contributed by atoms with van der Waals surface area (Å²) in [5.41, 5.74) is 2.76. The molecule has 3 aromatic rings. The van der Waals surface area contributed by atoms with Gasteiger partial charge in [0.25, 0.3) is 0 Å². The van der Waals surface area contributed by atoms with Crippen molar-refractivity contribution in [1.29, 1.82) is 0 Å². The van der Waals surface area contributed by atoms with E-state index in [0.717, 1.165) is 16.7 Å². The van der Waals surface area contributed by atoms with E-state index in [2.05, 4.69) is 16.3 Å². The minimum Gasteiger partial charge on any atom is -0.184 e. The first kappa shape index (κ1) is 11.4. The summed E-state index contributed by atoms with van der Waals surface area (Å²) in [5.74, 6) is 0. The van der Waals surface area contributed by atoms with Crippen molar-refractivity contribution in [1.82, 2.24) is 15.0 Å². The van der Waals surface area contributed by atoms with Crippen LogP contribution in [0.4, 0.5) is 0 Å². The van der Waals surface area contributed by atoms with Crippen LogP contribution < -0.4 is 0 Å². The van der Waals surface area contributed by atoms with Gasteiger partial charge in [-0.1, -0.05) is 12.1 Å². The van der Waals surface area contributed by atoms with Gasteiger partial charge in [-0.25, -0.2) is 0 Å². The van der Waals surface area contributed by atoms with Crippen molar-refractivity contribution in [3.63, 3.8) is 0 Å². The van der Waals surface area contributed by atoms with Crippen molar-refractivity contribution in [2.24, 2.45) is 0 Å². The van der Waals surface area contributed by atoms with E-state index in [9.17, 15) is 0 Å². The van der Waals surface area contributed by atoms with Gasteiger partial charge in [0.05, 0.1) is 0 Å². The van der Waals surface area contributed by atoms with Crippen molar-refractivity contribution in [2.45, 2.75) is 0 Å². The monoisotopic (exact) mass is 283 g/mol. The van der Waals surface area contributed by atoms with Crippen LogP contribution in [0.5, 0.6) is 0 Å². The van der Waals surface area contributed by atoms with Crippen molar-refractivity contribution < 1.29 is 32.7 Å². The molecule has 2 aromatic carbocycles. The van der Waals surface area contributed by atoms with Crippen LogP contribution in [0.15, 0.2) is 48.5 Å². The Labute approximate surface area is 118 Å². The second-order valence-electron chi connectivity index (χ2n) is 3.24. The number of aromatic nitrogens is 3. The molecule has 0 aliphatic heterocycles. The second kappa shape index (κ2) is 4.85. The molecule has 1 heterocycles. The van der Waals surface area contributed by atoms with Crippen molar-refractivity contribution >= 4 is 11.0 Å². The Balaban J connectivity index is 0.000000963. The minimum absolute atomic E-state index is 0. The van der Waals surface area contributed by atoms with Crippen LogP contribution in [0.2, 0.25) is 0 Å². The summed E-state index contributed by atoms with van der Waals surface area (Å²) in [6.45, 7) is 0. The SMILES string of the molecule is [Y].[c-]1ccc(-n2nc3ccccc3n2)cc1. The van der Waals surface area contributed by atoms with Crippen LogP contribution in [-0.4, -0.2) is 15.0 Å². The molecule has 0 bridgehead atoms. The maximum absolute atomic E-state index is 4.37. The van der Waals surface area contributed by atoms with Gasteiger partial charge < -0.3 is 0 Å². The fourth-order valence-corrected chi connectivity index (χ4v) is 1.49. The molecule has 1 radical (unpaired) electrons. The van der Waals surface area contributed by atoms with E-state index in [0.29, 0.717) is 0 Å². The number of nitrogens with zero attached hydrogens (tertiary/aromatic N) is 3.